The number of allylic oxidation sites excluding steroid dienone is 3. The molecule has 5 rings (SSSR count). The van der Waals surface area contributed by atoms with Gasteiger partial charge < -0.3 is 19.5 Å². The van der Waals surface area contributed by atoms with Gasteiger partial charge in [0.2, 0.25) is 5.89 Å². The van der Waals surface area contributed by atoms with E-state index in [0.29, 0.717) is 36.5 Å². The van der Waals surface area contributed by atoms with E-state index in [1.807, 2.05) is 13.8 Å². The number of esters is 1. The van der Waals surface area contributed by atoms with E-state index in [9.17, 15) is 15.0 Å². The molecular formula is C36H54N2O5. The highest BCUT2D eigenvalue weighted by atomic mass is 16.5. The van der Waals surface area contributed by atoms with Crippen molar-refractivity contribution in [1.29, 1.82) is 0 Å². The first kappa shape index (κ1) is 32.2. The summed E-state index contributed by atoms with van der Waals surface area (Å²) in [6.45, 7) is 14.9. The summed E-state index contributed by atoms with van der Waals surface area (Å²) in [5.74, 6) is 2.73. The smallest absolute Gasteiger partial charge is 0.308 e. The van der Waals surface area contributed by atoms with Gasteiger partial charge in [-0.2, -0.15) is 4.98 Å². The van der Waals surface area contributed by atoms with Crippen molar-refractivity contribution in [2.45, 2.75) is 142 Å². The van der Waals surface area contributed by atoms with Gasteiger partial charge in [0.15, 0.2) is 5.82 Å². The first-order chi connectivity index (χ1) is 20.5. The first-order valence-corrected chi connectivity index (χ1v) is 17.0. The molecule has 238 valence electrons. The highest BCUT2D eigenvalue weighted by molar-refractivity contribution is 5.72. The van der Waals surface area contributed by atoms with Crippen molar-refractivity contribution < 1.29 is 24.3 Å². The molecule has 0 aromatic carbocycles. The number of rotatable bonds is 11. The summed E-state index contributed by atoms with van der Waals surface area (Å²) in [5.41, 5.74) is 3.14. The van der Waals surface area contributed by atoms with Gasteiger partial charge in [0.1, 0.15) is 6.10 Å². The lowest BCUT2D eigenvalue weighted by molar-refractivity contribution is -0.155. The van der Waals surface area contributed by atoms with Crippen LogP contribution in [-0.2, 0) is 21.4 Å². The fourth-order valence-electron chi connectivity index (χ4n) is 8.61. The van der Waals surface area contributed by atoms with Gasteiger partial charge in [0.05, 0.1) is 23.5 Å². The Balaban J connectivity index is 1.29. The van der Waals surface area contributed by atoms with Crippen LogP contribution in [0.4, 0.5) is 0 Å². The molecule has 1 aromatic rings. The Morgan fingerprint density at radius 3 is 2.63 bits per heavy atom. The highest BCUT2D eigenvalue weighted by Gasteiger charge is 2.58. The monoisotopic (exact) mass is 594 g/mol. The molecule has 0 amide bonds. The van der Waals surface area contributed by atoms with Gasteiger partial charge in [-0.15, -0.1) is 0 Å². The minimum atomic E-state index is -0.654. The third-order valence-electron chi connectivity index (χ3n) is 11.4. The van der Waals surface area contributed by atoms with Gasteiger partial charge in [0.25, 0.3) is 0 Å². The van der Waals surface area contributed by atoms with Crippen molar-refractivity contribution in [3.8, 4) is 0 Å². The third-order valence-corrected chi connectivity index (χ3v) is 11.4. The van der Waals surface area contributed by atoms with Crippen LogP contribution in [0.25, 0.3) is 0 Å². The van der Waals surface area contributed by atoms with Crippen LogP contribution >= 0.6 is 0 Å². The summed E-state index contributed by atoms with van der Waals surface area (Å²) in [6.07, 6.45) is 15.3. The molecule has 0 aliphatic heterocycles. The topological polar surface area (TPSA) is 106 Å². The zero-order valence-corrected chi connectivity index (χ0v) is 27.1. The number of fused-ring (bicyclic) bond motifs is 1. The number of ether oxygens (including phenoxy) is 1. The third kappa shape index (κ3) is 6.58. The maximum absolute atomic E-state index is 12.8. The van der Waals surface area contributed by atoms with Crippen LogP contribution in [0.15, 0.2) is 40.0 Å². The van der Waals surface area contributed by atoms with E-state index in [-0.39, 0.29) is 28.8 Å². The van der Waals surface area contributed by atoms with Crippen LogP contribution in [0.5, 0.6) is 0 Å². The highest BCUT2D eigenvalue weighted by Crippen LogP contribution is 2.60. The molecule has 4 aliphatic rings. The Labute approximate surface area is 258 Å². The maximum atomic E-state index is 12.8. The van der Waals surface area contributed by atoms with E-state index in [0.717, 1.165) is 61.9 Å². The normalized spacial score (nSPS) is 33.5. The number of aromatic nitrogens is 2. The Bertz CT molecular complexity index is 1230. The molecular weight excluding hydrogens is 540 g/mol. The van der Waals surface area contributed by atoms with Crippen molar-refractivity contribution in [3.05, 3.63) is 47.2 Å². The van der Waals surface area contributed by atoms with Crippen molar-refractivity contribution >= 4 is 5.97 Å². The number of hydrogen-bond donors (Lipinski definition) is 2. The van der Waals surface area contributed by atoms with E-state index in [2.05, 4.69) is 44.7 Å². The standard InChI is InChI=1S/C36H54N2O5/c1-7-9-32-37-34(43-38-32)36(18-19-36)31(42-33(41)22(2)3)16-11-23(4)28-14-15-29-25(10-8-17-35(28,29)6)12-13-26-20-27(39)21-30(40)24(26)5/h12-13,22-23,27-31,39-40H,5,7-11,14-21H2,1-4,6H3/t23-,27-,28-,29+,30+,31-,35-/m1/s1. The molecule has 0 unspecified atom stereocenters. The molecule has 7 atom stereocenters. The Kier molecular flexibility index (Phi) is 9.72. The number of aliphatic hydroxyl groups is 2. The van der Waals surface area contributed by atoms with E-state index >= 15 is 0 Å². The summed E-state index contributed by atoms with van der Waals surface area (Å²) in [7, 11) is 0. The molecule has 7 nitrogen and oxygen atoms in total. The molecule has 4 fully saturated rings. The maximum Gasteiger partial charge on any atom is 0.308 e. The van der Waals surface area contributed by atoms with Crippen LogP contribution < -0.4 is 0 Å². The molecule has 0 saturated heterocycles. The SMILES string of the molecule is C=C1C(=CC=C2CCC[C@]3(C)[C@@H]([C@H](C)CC[C@@H](OC(=O)C(C)C)C4(c5nc(CCC)no5)CC4)CC[C@@H]23)C[C@@H](O)C[C@@H]1O. The summed E-state index contributed by atoms with van der Waals surface area (Å²) in [6, 6.07) is 0. The van der Waals surface area contributed by atoms with Crippen molar-refractivity contribution in [2.24, 2.45) is 29.1 Å². The van der Waals surface area contributed by atoms with Crippen LogP contribution in [0, 0.1) is 29.1 Å². The fourth-order valence-corrected chi connectivity index (χ4v) is 8.61. The molecule has 0 radical (unpaired) electrons. The molecule has 0 bridgehead atoms. The van der Waals surface area contributed by atoms with E-state index in [4.69, 9.17) is 14.2 Å². The van der Waals surface area contributed by atoms with Crippen molar-refractivity contribution in [2.75, 3.05) is 0 Å². The molecule has 1 heterocycles. The fraction of sp³-hybridized carbons (Fsp3) is 0.750. The molecule has 0 spiro atoms. The lowest BCUT2D eigenvalue weighted by Crippen LogP contribution is -2.37. The Hall–Kier alpha value is -2.25. The molecule has 4 saturated carbocycles. The number of aliphatic hydroxyl groups excluding tert-OH is 2. The molecule has 4 aliphatic carbocycles. The predicted molar refractivity (Wildman–Crippen MR) is 167 cm³/mol. The Morgan fingerprint density at radius 1 is 1.16 bits per heavy atom. The number of nitrogens with zero attached hydrogens (tertiary/aromatic N) is 2. The first-order valence-electron chi connectivity index (χ1n) is 17.0. The largest absolute Gasteiger partial charge is 0.461 e. The van der Waals surface area contributed by atoms with E-state index in [1.165, 1.54) is 31.3 Å². The molecule has 2 N–H and O–H groups in total. The van der Waals surface area contributed by atoms with Crippen LogP contribution in [0.2, 0.25) is 0 Å². The number of carbonyl (C=O) groups excluding carboxylic acids is 1. The summed E-state index contributed by atoms with van der Waals surface area (Å²) in [4.78, 5) is 17.6. The van der Waals surface area contributed by atoms with Gasteiger partial charge in [-0.3, -0.25) is 4.79 Å². The number of carbonyl (C=O) groups is 1. The van der Waals surface area contributed by atoms with Crippen molar-refractivity contribution in [1.82, 2.24) is 10.1 Å². The van der Waals surface area contributed by atoms with Crippen LogP contribution in [-0.4, -0.2) is 44.6 Å². The Morgan fingerprint density at radius 2 is 1.93 bits per heavy atom. The molecule has 7 heteroatoms. The average Bonchev–Trinajstić information content (AvgIpc) is 3.49. The van der Waals surface area contributed by atoms with E-state index in [1.54, 1.807) is 0 Å². The molecule has 1 aromatic heterocycles. The zero-order chi connectivity index (χ0) is 30.9. The number of aryl methyl sites for hydroxylation is 1. The second-order valence-corrected chi connectivity index (χ2v) is 14.7. The van der Waals surface area contributed by atoms with Crippen molar-refractivity contribution in [3.63, 3.8) is 0 Å². The van der Waals surface area contributed by atoms with E-state index < -0.39 is 12.2 Å². The molecule has 43 heavy (non-hydrogen) atoms. The van der Waals surface area contributed by atoms with Gasteiger partial charge >= 0.3 is 5.97 Å². The minimum absolute atomic E-state index is 0.151. The summed E-state index contributed by atoms with van der Waals surface area (Å²) >= 11 is 0. The van der Waals surface area contributed by atoms with Crippen LogP contribution in [0.3, 0.4) is 0 Å². The summed E-state index contributed by atoms with van der Waals surface area (Å²) < 4.78 is 12.0. The average molecular weight is 595 g/mol. The lowest BCUT2D eigenvalue weighted by Gasteiger charge is -2.44. The predicted octanol–water partition coefficient (Wildman–Crippen LogP) is 7.18. The lowest BCUT2D eigenvalue weighted by atomic mass is 9.60. The second kappa shape index (κ2) is 13.0. The van der Waals surface area contributed by atoms with Gasteiger partial charge in [0, 0.05) is 12.8 Å². The minimum Gasteiger partial charge on any atom is -0.461 e. The second-order valence-electron chi connectivity index (χ2n) is 14.7. The van der Waals surface area contributed by atoms with Crippen LogP contribution in [0.1, 0.15) is 123 Å². The quantitative estimate of drug-likeness (QED) is 0.262. The van der Waals surface area contributed by atoms with Gasteiger partial charge in [-0.1, -0.05) is 64.1 Å². The number of hydrogen-bond acceptors (Lipinski definition) is 7. The summed E-state index contributed by atoms with van der Waals surface area (Å²) in [5, 5.41) is 24.7. The van der Waals surface area contributed by atoms with Gasteiger partial charge in [-0.25, -0.2) is 0 Å². The zero-order valence-electron chi connectivity index (χ0n) is 27.1. The van der Waals surface area contributed by atoms with Gasteiger partial charge in [-0.05, 0) is 105 Å².